The van der Waals surface area contributed by atoms with Crippen molar-refractivity contribution in [1.29, 1.82) is 0 Å². The highest BCUT2D eigenvalue weighted by atomic mass is 32.2. The molecule has 1 aliphatic heterocycles. The Hall–Kier alpha value is -3.86. The molecule has 3 aromatic heterocycles. The third-order valence-corrected chi connectivity index (χ3v) is 8.90. The van der Waals surface area contributed by atoms with Gasteiger partial charge in [-0.25, -0.2) is 4.98 Å². The third kappa shape index (κ3) is 5.84. The number of piperazine rings is 1. The molecule has 0 aliphatic carbocycles. The summed E-state index contributed by atoms with van der Waals surface area (Å²) in [4.78, 5) is 26.4. The number of aromatic nitrogens is 5. The van der Waals surface area contributed by atoms with Crippen molar-refractivity contribution in [2.24, 2.45) is 0 Å². The monoisotopic (exact) mass is 567 g/mol. The van der Waals surface area contributed by atoms with Gasteiger partial charge in [-0.15, -0.1) is 21.5 Å². The van der Waals surface area contributed by atoms with Gasteiger partial charge in [-0.2, -0.15) is 0 Å². The van der Waals surface area contributed by atoms with E-state index in [1.165, 1.54) is 16.9 Å². The van der Waals surface area contributed by atoms with Gasteiger partial charge in [0.2, 0.25) is 0 Å². The number of benzene rings is 2. The average Bonchev–Trinajstić information content (AvgIpc) is 3.65. The second kappa shape index (κ2) is 12.1. The van der Waals surface area contributed by atoms with E-state index in [-0.39, 0.29) is 5.91 Å². The lowest BCUT2D eigenvalue weighted by atomic mass is 10.2. The Bertz CT molecular complexity index is 1580. The molecule has 2 aromatic carbocycles. The van der Waals surface area contributed by atoms with E-state index in [1.54, 1.807) is 24.2 Å². The quantitative estimate of drug-likeness (QED) is 0.234. The number of hydrogen-bond acceptors (Lipinski definition) is 8. The number of nitrogens with zero attached hydrogens (tertiary/aromatic N) is 7. The first-order valence-electron chi connectivity index (χ1n) is 13.2. The van der Waals surface area contributed by atoms with Gasteiger partial charge in [0, 0.05) is 56.1 Å². The number of hydrogen-bond donors (Lipinski definition) is 0. The summed E-state index contributed by atoms with van der Waals surface area (Å²) in [5.41, 5.74) is 4.93. The van der Waals surface area contributed by atoms with Gasteiger partial charge < -0.3 is 4.90 Å². The molecule has 5 aromatic rings. The maximum absolute atomic E-state index is 13.2. The largest absolute Gasteiger partial charge is 0.335 e. The van der Waals surface area contributed by atoms with Crippen molar-refractivity contribution in [2.45, 2.75) is 24.4 Å². The van der Waals surface area contributed by atoms with Gasteiger partial charge in [0.05, 0.1) is 11.4 Å². The summed E-state index contributed by atoms with van der Waals surface area (Å²) in [7, 11) is 0. The Balaban J connectivity index is 1.12. The van der Waals surface area contributed by atoms with Crippen LogP contribution in [0.15, 0.2) is 89.7 Å². The van der Waals surface area contributed by atoms with E-state index in [9.17, 15) is 4.79 Å². The normalized spacial score (nSPS) is 14.0. The summed E-state index contributed by atoms with van der Waals surface area (Å²) in [6.07, 6.45) is 3.52. The number of para-hydroxylation sites is 1. The fourth-order valence-electron chi connectivity index (χ4n) is 4.80. The van der Waals surface area contributed by atoms with Crippen LogP contribution in [0.25, 0.3) is 17.1 Å². The fourth-order valence-corrected chi connectivity index (χ4v) is 6.53. The number of thioether (sulfide) groups is 1. The summed E-state index contributed by atoms with van der Waals surface area (Å²) in [6.45, 7) is 6.15. The predicted molar refractivity (Wildman–Crippen MR) is 159 cm³/mol. The molecule has 0 saturated carbocycles. The van der Waals surface area contributed by atoms with Crippen LogP contribution in [-0.2, 0) is 12.3 Å². The van der Waals surface area contributed by atoms with E-state index in [0.29, 0.717) is 24.5 Å². The predicted octanol–water partition coefficient (Wildman–Crippen LogP) is 5.34. The van der Waals surface area contributed by atoms with Crippen LogP contribution < -0.4 is 0 Å². The second-order valence-corrected chi connectivity index (χ2v) is 11.5. The molecule has 1 aliphatic rings. The Kier molecular flexibility index (Phi) is 7.99. The number of amides is 1. The van der Waals surface area contributed by atoms with E-state index in [2.05, 4.69) is 68.0 Å². The summed E-state index contributed by atoms with van der Waals surface area (Å²) < 4.78 is 2.09. The molecule has 4 heterocycles. The van der Waals surface area contributed by atoms with Gasteiger partial charge in [-0.1, -0.05) is 60.3 Å². The molecule has 0 unspecified atom stereocenters. The number of aryl methyl sites for hydroxylation is 1. The number of rotatable bonds is 8. The molecule has 8 nitrogen and oxygen atoms in total. The molecule has 0 bridgehead atoms. The van der Waals surface area contributed by atoms with Crippen LogP contribution in [0.1, 0.15) is 26.6 Å². The first-order valence-corrected chi connectivity index (χ1v) is 15.1. The van der Waals surface area contributed by atoms with Gasteiger partial charge in [-0.05, 0) is 36.2 Å². The number of thiazole rings is 1. The van der Waals surface area contributed by atoms with Crippen molar-refractivity contribution < 1.29 is 4.79 Å². The van der Waals surface area contributed by atoms with Crippen molar-refractivity contribution in [1.82, 2.24) is 34.5 Å². The molecule has 40 heavy (non-hydrogen) atoms. The van der Waals surface area contributed by atoms with Crippen molar-refractivity contribution in [3.8, 4) is 17.1 Å². The van der Waals surface area contributed by atoms with Crippen molar-refractivity contribution in [3.05, 3.63) is 106 Å². The van der Waals surface area contributed by atoms with Gasteiger partial charge in [-0.3, -0.25) is 19.2 Å². The first kappa shape index (κ1) is 26.4. The first-order chi connectivity index (χ1) is 19.7. The third-order valence-electron chi connectivity index (χ3n) is 6.93. The fraction of sp³-hybridized carbons (Fsp3) is 0.233. The molecule has 10 heteroatoms. The van der Waals surface area contributed by atoms with Crippen molar-refractivity contribution in [3.63, 3.8) is 0 Å². The molecule has 1 amide bonds. The molecule has 202 valence electrons. The summed E-state index contributed by atoms with van der Waals surface area (Å²) in [5.74, 6) is 1.37. The summed E-state index contributed by atoms with van der Waals surface area (Å²) in [6, 6.07) is 22.6. The van der Waals surface area contributed by atoms with Crippen LogP contribution in [0.4, 0.5) is 0 Å². The Morgan fingerprint density at radius 2 is 1.68 bits per heavy atom. The number of pyridine rings is 1. The van der Waals surface area contributed by atoms with Crippen LogP contribution in [0, 0.1) is 6.92 Å². The van der Waals surface area contributed by atoms with Crippen molar-refractivity contribution in [2.75, 3.05) is 26.2 Å². The standard InChI is InChI=1S/C30H29N7OS2/c1-22-7-5-6-10-26(22)37-28(24-11-13-31-14-12-24)33-34-30(37)40-21-27-32-25(20-39-27)29(38)36-17-15-35(16-18-36)19-23-8-3-2-4-9-23/h2-14,20H,15-19,21H2,1H3. The highest BCUT2D eigenvalue weighted by Crippen LogP contribution is 2.31. The van der Waals surface area contributed by atoms with Gasteiger partial charge in [0.15, 0.2) is 11.0 Å². The lowest BCUT2D eigenvalue weighted by Gasteiger charge is -2.34. The van der Waals surface area contributed by atoms with Crippen molar-refractivity contribution >= 4 is 29.0 Å². The minimum Gasteiger partial charge on any atom is -0.335 e. The van der Waals surface area contributed by atoms with Crippen LogP contribution in [0.3, 0.4) is 0 Å². The van der Waals surface area contributed by atoms with E-state index in [4.69, 9.17) is 4.98 Å². The highest BCUT2D eigenvalue weighted by molar-refractivity contribution is 7.98. The van der Waals surface area contributed by atoms with Crippen LogP contribution >= 0.6 is 23.1 Å². The van der Waals surface area contributed by atoms with E-state index < -0.39 is 0 Å². The smallest absolute Gasteiger partial charge is 0.273 e. The molecule has 6 rings (SSSR count). The highest BCUT2D eigenvalue weighted by Gasteiger charge is 2.24. The zero-order valence-corrected chi connectivity index (χ0v) is 23.8. The molecule has 0 spiro atoms. The molecule has 0 radical (unpaired) electrons. The lowest BCUT2D eigenvalue weighted by molar-refractivity contribution is 0.0623. The van der Waals surface area contributed by atoms with Crippen LogP contribution in [0.5, 0.6) is 0 Å². The Morgan fingerprint density at radius 3 is 2.45 bits per heavy atom. The maximum Gasteiger partial charge on any atom is 0.273 e. The maximum atomic E-state index is 13.2. The van der Waals surface area contributed by atoms with E-state index in [0.717, 1.165) is 52.4 Å². The Morgan fingerprint density at radius 1 is 0.925 bits per heavy atom. The minimum absolute atomic E-state index is 0.00918. The second-order valence-electron chi connectivity index (χ2n) is 9.63. The molecule has 1 fully saturated rings. The topological polar surface area (TPSA) is 80.0 Å². The summed E-state index contributed by atoms with van der Waals surface area (Å²) in [5, 5.41) is 12.6. The van der Waals surface area contributed by atoms with Crippen LogP contribution in [0.2, 0.25) is 0 Å². The van der Waals surface area contributed by atoms with Gasteiger partial charge in [0.1, 0.15) is 10.7 Å². The van der Waals surface area contributed by atoms with Gasteiger partial charge >= 0.3 is 0 Å². The minimum atomic E-state index is 0.00918. The molecule has 0 atom stereocenters. The molecular formula is C30H29N7OS2. The number of carbonyl (C=O) groups is 1. The lowest BCUT2D eigenvalue weighted by Crippen LogP contribution is -2.48. The van der Waals surface area contributed by atoms with Crippen LogP contribution in [-0.4, -0.2) is 66.6 Å². The molecule has 1 saturated heterocycles. The van der Waals surface area contributed by atoms with E-state index >= 15 is 0 Å². The molecule has 0 N–H and O–H groups in total. The SMILES string of the molecule is Cc1ccccc1-n1c(SCc2nc(C(=O)N3CCN(Cc4ccccc4)CC3)cs2)nnc1-c1ccncc1. The van der Waals surface area contributed by atoms with Gasteiger partial charge in [0.25, 0.3) is 5.91 Å². The zero-order valence-electron chi connectivity index (χ0n) is 22.2. The number of carbonyl (C=O) groups excluding carboxylic acids is 1. The average molecular weight is 568 g/mol. The Labute approximate surface area is 241 Å². The summed E-state index contributed by atoms with van der Waals surface area (Å²) >= 11 is 3.09. The molecular weight excluding hydrogens is 539 g/mol. The zero-order chi connectivity index (χ0) is 27.3. The van der Waals surface area contributed by atoms with E-state index in [1.807, 2.05) is 40.6 Å².